The molecule has 30 heavy (non-hydrogen) atoms. The fourth-order valence-electron chi connectivity index (χ4n) is 2.96. The number of aliphatic imine (C=N–C) groups is 1. The summed E-state index contributed by atoms with van der Waals surface area (Å²) in [5.74, 6) is 0.892. The number of carbonyl (C=O) groups excluding carboxylic acids is 1. The Morgan fingerprint density at radius 2 is 2.37 bits per heavy atom. The number of hydrogen-bond acceptors (Lipinski definition) is 9. The highest BCUT2D eigenvalue weighted by molar-refractivity contribution is 8.08. The quantitative estimate of drug-likeness (QED) is 0.393. The molecule has 2 aliphatic rings. The van der Waals surface area contributed by atoms with Crippen molar-refractivity contribution in [1.82, 2.24) is 14.9 Å². The molecule has 4 N–H and O–H groups in total. The van der Waals surface area contributed by atoms with E-state index in [4.69, 9.17) is 36.4 Å². The van der Waals surface area contributed by atoms with Crippen LogP contribution in [-0.4, -0.2) is 40.7 Å². The number of imidazole rings is 1. The first kappa shape index (κ1) is 22.8. The maximum absolute atomic E-state index is 11.9. The summed E-state index contributed by atoms with van der Waals surface area (Å²) in [6, 6.07) is 1.97. The Labute approximate surface area is 180 Å². The van der Waals surface area contributed by atoms with Crippen molar-refractivity contribution in [2.45, 2.75) is 52.0 Å². The summed E-state index contributed by atoms with van der Waals surface area (Å²) in [5, 5.41) is 14.5. The SMILES string of the molecule is CC(C)C(=O)NC1=NCc2ncn([C@H]3CC[C@@H](COP(N)(=S)OCCC#N)O3)c2N1. The number of nitriles is 1. The van der Waals surface area contributed by atoms with Gasteiger partial charge in [-0.25, -0.2) is 9.98 Å². The first-order valence-electron chi connectivity index (χ1n) is 9.67. The maximum Gasteiger partial charge on any atom is 0.258 e. The third-order valence-electron chi connectivity index (χ3n) is 4.58. The molecule has 0 saturated carbocycles. The summed E-state index contributed by atoms with van der Waals surface area (Å²) >= 11 is 5.15. The Morgan fingerprint density at radius 3 is 3.10 bits per heavy atom. The van der Waals surface area contributed by atoms with Gasteiger partial charge in [-0.3, -0.25) is 20.2 Å². The molecule has 13 heteroatoms. The largest absolute Gasteiger partial charge is 0.352 e. The molecule has 1 fully saturated rings. The number of anilines is 1. The summed E-state index contributed by atoms with van der Waals surface area (Å²) in [7, 11) is 0. The van der Waals surface area contributed by atoms with Crippen LogP contribution in [0.1, 0.15) is 45.0 Å². The number of nitrogens with zero attached hydrogens (tertiary/aromatic N) is 4. The summed E-state index contributed by atoms with van der Waals surface area (Å²) in [6.45, 7) is 1.50. The van der Waals surface area contributed by atoms with Gasteiger partial charge in [-0.2, -0.15) is 5.26 Å². The molecule has 0 aliphatic carbocycles. The zero-order valence-electron chi connectivity index (χ0n) is 16.9. The second-order valence-corrected chi connectivity index (χ2v) is 10.4. The minimum Gasteiger partial charge on any atom is -0.352 e. The first-order chi connectivity index (χ1) is 14.3. The van der Waals surface area contributed by atoms with Gasteiger partial charge in [0, 0.05) is 5.92 Å². The molecule has 1 saturated heterocycles. The van der Waals surface area contributed by atoms with E-state index in [0.717, 1.165) is 24.4 Å². The second kappa shape index (κ2) is 9.96. The van der Waals surface area contributed by atoms with Crippen molar-refractivity contribution < 1.29 is 18.6 Å². The number of nitrogens with one attached hydrogen (secondary N) is 2. The van der Waals surface area contributed by atoms with Gasteiger partial charge < -0.3 is 19.1 Å². The van der Waals surface area contributed by atoms with Crippen LogP contribution in [0.5, 0.6) is 0 Å². The number of carbonyl (C=O) groups is 1. The van der Waals surface area contributed by atoms with E-state index in [2.05, 4.69) is 20.6 Å². The van der Waals surface area contributed by atoms with E-state index in [-0.39, 0.29) is 43.8 Å². The number of ether oxygens (including phenoxy) is 1. The van der Waals surface area contributed by atoms with E-state index < -0.39 is 6.64 Å². The summed E-state index contributed by atoms with van der Waals surface area (Å²) in [5.41, 5.74) is 6.66. The summed E-state index contributed by atoms with van der Waals surface area (Å²) in [4.78, 5) is 20.7. The minimum absolute atomic E-state index is 0.111. The number of amides is 1. The van der Waals surface area contributed by atoms with Crippen LogP contribution in [0, 0.1) is 17.2 Å². The Morgan fingerprint density at radius 1 is 1.57 bits per heavy atom. The van der Waals surface area contributed by atoms with E-state index >= 15 is 0 Å². The summed E-state index contributed by atoms with van der Waals surface area (Å²) in [6.07, 6.45) is 3.01. The van der Waals surface area contributed by atoms with Crippen LogP contribution in [-0.2, 0) is 36.9 Å². The Kier molecular flexibility index (Phi) is 7.57. The van der Waals surface area contributed by atoms with Crippen LogP contribution >= 0.6 is 6.64 Å². The average molecular weight is 455 g/mol. The Balaban J connectivity index is 1.55. The van der Waals surface area contributed by atoms with Crippen LogP contribution in [0.15, 0.2) is 11.3 Å². The van der Waals surface area contributed by atoms with Crippen molar-refractivity contribution in [1.29, 1.82) is 5.26 Å². The molecule has 0 radical (unpaired) electrons. The standard InChI is InChI=1S/C17H26N7O4PS/c1-11(2)16(25)23-17-20-8-13-15(22-17)24(10-21-13)14-5-4-12(28-14)9-27-29(19,30)26-7-3-6-18/h10-12,14H,3-5,7-9H2,1-2H3,(H2,19,30)(H2,20,22,23,25)/t12-,14+,29?/m0/s1. The maximum atomic E-state index is 11.9. The predicted octanol–water partition coefficient (Wildman–Crippen LogP) is 1.74. The van der Waals surface area contributed by atoms with Crippen LogP contribution < -0.4 is 16.1 Å². The molecule has 0 spiro atoms. The van der Waals surface area contributed by atoms with E-state index in [0.29, 0.717) is 12.5 Å². The van der Waals surface area contributed by atoms with Crippen molar-refractivity contribution in [3.8, 4) is 6.07 Å². The molecule has 3 atom stereocenters. The van der Waals surface area contributed by atoms with Gasteiger partial charge in [0.25, 0.3) is 6.64 Å². The van der Waals surface area contributed by atoms with Crippen LogP contribution in [0.4, 0.5) is 5.82 Å². The van der Waals surface area contributed by atoms with Gasteiger partial charge in [0.15, 0.2) is 0 Å². The normalized spacial score (nSPS) is 22.6. The van der Waals surface area contributed by atoms with Crippen molar-refractivity contribution in [3.05, 3.63) is 12.0 Å². The van der Waals surface area contributed by atoms with Gasteiger partial charge in [-0.15, -0.1) is 0 Å². The molecule has 1 amide bonds. The molecular weight excluding hydrogens is 429 g/mol. The molecule has 0 aromatic carbocycles. The average Bonchev–Trinajstić information content (AvgIpc) is 3.33. The molecule has 2 aliphatic heterocycles. The van der Waals surface area contributed by atoms with Crippen LogP contribution in [0.2, 0.25) is 0 Å². The van der Waals surface area contributed by atoms with Gasteiger partial charge in [0.2, 0.25) is 11.9 Å². The van der Waals surface area contributed by atoms with E-state index in [1.165, 1.54) is 0 Å². The first-order valence-corrected chi connectivity index (χ1v) is 12.4. The fraction of sp³-hybridized carbons (Fsp3) is 0.647. The molecule has 3 heterocycles. The van der Waals surface area contributed by atoms with Gasteiger partial charge in [-0.05, 0) is 24.6 Å². The lowest BCUT2D eigenvalue weighted by molar-refractivity contribution is -0.122. The lowest BCUT2D eigenvalue weighted by atomic mass is 10.2. The zero-order chi connectivity index (χ0) is 21.7. The molecular formula is C17H26N7O4PS. The fourth-order valence-corrected chi connectivity index (χ4v) is 4.17. The number of hydrogen-bond donors (Lipinski definition) is 3. The zero-order valence-corrected chi connectivity index (χ0v) is 18.6. The highest BCUT2D eigenvalue weighted by atomic mass is 32.5. The third-order valence-corrected chi connectivity index (χ3v) is 6.26. The summed E-state index contributed by atoms with van der Waals surface area (Å²) < 4.78 is 18.8. The van der Waals surface area contributed by atoms with E-state index in [1.807, 2.05) is 24.5 Å². The number of nitrogens with two attached hydrogens (primary N) is 1. The van der Waals surface area contributed by atoms with Crippen molar-refractivity contribution >= 4 is 36.1 Å². The van der Waals surface area contributed by atoms with Gasteiger partial charge in [0.1, 0.15) is 17.7 Å². The smallest absolute Gasteiger partial charge is 0.258 e. The van der Waals surface area contributed by atoms with E-state index in [1.54, 1.807) is 6.33 Å². The topological polar surface area (TPSA) is 149 Å². The Hall–Kier alpha value is -1.87. The molecule has 1 aromatic heterocycles. The Bertz CT molecular complexity index is 897. The van der Waals surface area contributed by atoms with Gasteiger partial charge in [-0.1, -0.05) is 13.8 Å². The number of fused-ring (bicyclic) bond motifs is 1. The van der Waals surface area contributed by atoms with Crippen molar-refractivity contribution in [2.24, 2.45) is 16.4 Å². The van der Waals surface area contributed by atoms with Crippen molar-refractivity contribution in [2.75, 3.05) is 18.5 Å². The molecule has 11 nitrogen and oxygen atoms in total. The number of aromatic nitrogens is 2. The highest BCUT2D eigenvalue weighted by Crippen LogP contribution is 2.41. The lowest BCUT2D eigenvalue weighted by Crippen LogP contribution is -2.40. The molecule has 1 aromatic rings. The minimum atomic E-state index is -2.89. The second-order valence-electron chi connectivity index (χ2n) is 7.25. The van der Waals surface area contributed by atoms with Crippen LogP contribution in [0.3, 0.4) is 0 Å². The van der Waals surface area contributed by atoms with Crippen LogP contribution in [0.25, 0.3) is 0 Å². The predicted molar refractivity (Wildman–Crippen MR) is 114 cm³/mol. The molecule has 1 unspecified atom stereocenters. The number of guanidine groups is 1. The monoisotopic (exact) mass is 455 g/mol. The molecule has 0 bridgehead atoms. The number of rotatable bonds is 8. The van der Waals surface area contributed by atoms with Gasteiger partial charge in [0.05, 0.1) is 44.7 Å². The molecule has 164 valence electrons. The molecule has 3 rings (SSSR count). The van der Waals surface area contributed by atoms with Gasteiger partial charge >= 0.3 is 0 Å². The highest BCUT2D eigenvalue weighted by Gasteiger charge is 2.31. The van der Waals surface area contributed by atoms with E-state index in [9.17, 15) is 4.79 Å². The lowest BCUT2D eigenvalue weighted by Gasteiger charge is -2.22. The third kappa shape index (κ3) is 5.85. The van der Waals surface area contributed by atoms with Crippen molar-refractivity contribution in [3.63, 3.8) is 0 Å².